The standard InChI is InChI=1S/C22H32N4O4/c1-5-24-13-22(12-19(24)27)14-25(20(28)16(2)3)9-10-26(15-22)21(29)23-17-7-6-8-18(11-17)30-4/h6-8,11,16H,5,9-10,12-15H2,1-4H3,(H,23,29). The van der Waals surface area contributed by atoms with E-state index in [-0.39, 0.29) is 23.8 Å². The molecule has 2 fully saturated rings. The number of hydrogen-bond donors (Lipinski definition) is 1. The zero-order valence-corrected chi connectivity index (χ0v) is 18.3. The van der Waals surface area contributed by atoms with Gasteiger partial charge in [0.15, 0.2) is 0 Å². The summed E-state index contributed by atoms with van der Waals surface area (Å²) in [6, 6.07) is 6.97. The molecule has 1 aromatic carbocycles. The van der Waals surface area contributed by atoms with E-state index in [2.05, 4.69) is 5.32 Å². The summed E-state index contributed by atoms with van der Waals surface area (Å²) < 4.78 is 5.22. The smallest absolute Gasteiger partial charge is 0.321 e. The molecule has 2 heterocycles. The van der Waals surface area contributed by atoms with E-state index in [4.69, 9.17) is 4.74 Å². The van der Waals surface area contributed by atoms with Crippen LogP contribution in [0.2, 0.25) is 0 Å². The summed E-state index contributed by atoms with van der Waals surface area (Å²) in [7, 11) is 1.58. The van der Waals surface area contributed by atoms with Crippen molar-refractivity contribution in [3.63, 3.8) is 0 Å². The van der Waals surface area contributed by atoms with Crippen molar-refractivity contribution in [1.29, 1.82) is 0 Å². The van der Waals surface area contributed by atoms with Gasteiger partial charge >= 0.3 is 6.03 Å². The molecule has 2 aliphatic rings. The van der Waals surface area contributed by atoms with E-state index < -0.39 is 5.41 Å². The summed E-state index contributed by atoms with van der Waals surface area (Å²) in [5.41, 5.74) is 0.199. The number of benzene rings is 1. The van der Waals surface area contributed by atoms with Crippen LogP contribution in [0.1, 0.15) is 27.2 Å². The van der Waals surface area contributed by atoms with Gasteiger partial charge in [0.05, 0.1) is 7.11 Å². The first-order valence-corrected chi connectivity index (χ1v) is 10.5. The Morgan fingerprint density at radius 1 is 1.17 bits per heavy atom. The van der Waals surface area contributed by atoms with Crippen molar-refractivity contribution >= 4 is 23.5 Å². The number of anilines is 1. The summed E-state index contributed by atoms with van der Waals surface area (Å²) in [5, 5.41) is 2.93. The number of ether oxygens (including phenoxy) is 1. The number of nitrogens with zero attached hydrogens (tertiary/aromatic N) is 3. The number of carbonyl (C=O) groups excluding carboxylic acids is 3. The first kappa shape index (κ1) is 21.9. The Balaban J connectivity index is 1.82. The maximum atomic E-state index is 13.1. The average Bonchev–Trinajstić information content (AvgIpc) is 2.91. The van der Waals surface area contributed by atoms with Crippen LogP contribution < -0.4 is 10.1 Å². The van der Waals surface area contributed by atoms with E-state index in [1.54, 1.807) is 24.1 Å². The molecule has 3 rings (SSSR count). The number of urea groups is 1. The van der Waals surface area contributed by atoms with Crippen LogP contribution in [0.15, 0.2) is 24.3 Å². The second-order valence-corrected chi connectivity index (χ2v) is 8.58. The zero-order valence-electron chi connectivity index (χ0n) is 18.3. The number of amides is 4. The van der Waals surface area contributed by atoms with E-state index in [9.17, 15) is 14.4 Å². The van der Waals surface area contributed by atoms with Crippen LogP contribution in [0.4, 0.5) is 10.5 Å². The molecular formula is C22H32N4O4. The zero-order chi connectivity index (χ0) is 21.9. The van der Waals surface area contributed by atoms with Gasteiger partial charge in [-0.1, -0.05) is 19.9 Å². The molecule has 1 aromatic rings. The van der Waals surface area contributed by atoms with Gasteiger partial charge < -0.3 is 24.8 Å². The van der Waals surface area contributed by atoms with Crippen LogP contribution in [0.25, 0.3) is 0 Å². The molecule has 1 N–H and O–H groups in total. The maximum Gasteiger partial charge on any atom is 0.321 e. The molecule has 0 aromatic heterocycles. The number of methoxy groups -OCH3 is 1. The molecular weight excluding hydrogens is 384 g/mol. The first-order valence-electron chi connectivity index (χ1n) is 10.5. The van der Waals surface area contributed by atoms with Gasteiger partial charge in [0.25, 0.3) is 0 Å². The van der Waals surface area contributed by atoms with E-state index >= 15 is 0 Å². The highest BCUT2D eigenvalue weighted by Crippen LogP contribution is 2.35. The molecule has 0 bridgehead atoms. The number of hydrogen-bond acceptors (Lipinski definition) is 4. The summed E-state index contributed by atoms with van der Waals surface area (Å²) in [6.07, 6.45) is 0.353. The molecule has 8 nitrogen and oxygen atoms in total. The van der Waals surface area contributed by atoms with Gasteiger partial charge in [-0.15, -0.1) is 0 Å². The summed E-state index contributed by atoms with van der Waals surface area (Å²) in [5.74, 6) is 0.684. The SMILES string of the molecule is CCN1CC2(CC1=O)CN(C(=O)Nc1cccc(OC)c1)CCN(C(=O)C(C)C)C2. The normalized spacial score (nSPS) is 21.9. The van der Waals surface area contributed by atoms with Gasteiger partial charge in [0.2, 0.25) is 11.8 Å². The van der Waals surface area contributed by atoms with Crippen molar-refractivity contribution in [2.45, 2.75) is 27.2 Å². The van der Waals surface area contributed by atoms with Crippen molar-refractivity contribution in [3.8, 4) is 5.75 Å². The highest BCUT2D eigenvalue weighted by molar-refractivity contribution is 5.90. The number of rotatable bonds is 4. The van der Waals surface area contributed by atoms with E-state index in [0.29, 0.717) is 57.1 Å². The third kappa shape index (κ3) is 4.68. The summed E-state index contributed by atoms with van der Waals surface area (Å²) in [6.45, 7) is 8.74. The van der Waals surface area contributed by atoms with Crippen molar-refractivity contribution in [2.24, 2.45) is 11.3 Å². The van der Waals surface area contributed by atoms with Gasteiger partial charge in [0.1, 0.15) is 5.75 Å². The van der Waals surface area contributed by atoms with Gasteiger partial charge in [0, 0.05) is 68.8 Å². The Morgan fingerprint density at radius 2 is 1.87 bits per heavy atom. The third-order valence-electron chi connectivity index (χ3n) is 5.89. The number of nitrogens with one attached hydrogen (secondary N) is 1. The Hall–Kier alpha value is -2.77. The lowest BCUT2D eigenvalue weighted by molar-refractivity contribution is -0.135. The van der Waals surface area contributed by atoms with Crippen LogP contribution in [0.3, 0.4) is 0 Å². The van der Waals surface area contributed by atoms with Crippen molar-refractivity contribution < 1.29 is 19.1 Å². The lowest BCUT2D eigenvalue weighted by Crippen LogP contribution is -2.46. The molecule has 0 radical (unpaired) electrons. The van der Waals surface area contributed by atoms with Gasteiger partial charge in [-0.2, -0.15) is 0 Å². The second-order valence-electron chi connectivity index (χ2n) is 8.58. The van der Waals surface area contributed by atoms with E-state index in [1.807, 2.05) is 42.7 Å². The monoisotopic (exact) mass is 416 g/mol. The Labute approximate surface area is 178 Å². The second kappa shape index (κ2) is 8.93. The molecule has 2 aliphatic heterocycles. The minimum atomic E-state index is -0.445. The molecule has 4 amide bonds. The number of likely N-dealkylation sites (tertiary alicyclic amines) is 1. The lowest BCUT2D eigenvalue weighted by atomic mass is 9.85. The predicted molar refractivity (Wildman–Crippen MR) is 114 cm³/mol. The topological polar surface area (TPSA) is 82.2 Å². The van der Waals surface area contributed by atoms with Crippen molar-refractivity contribution in [1.82, 2.24) is 14.7 Å². The highest BCUT2D eigenvalue weighted by atomic mass is 16.5. The first-order chi connectivity index (χ1) is 14.3. The average molecular weight is 417 g/mol. The maximum absolute atomic E-state index is 13.1. The fourth-order valence-electron chi connectivity index (χ4n) is 4.37. The third-order valence-corrected chi connectivity index (χ3v) is 5.89. The largest absolute Gasteiger partial charge is 0.497 e. The molecule has 1 atom stereocenters. The minimum absolute atomic E-state index is 0.0619. The Kier molecular flexibility index (Phi) is 6.53. The van der Waals surface area contributed by atoms with Crippen LogP contribution in [-0.2, 0) is 9.59 Å². The lowest BCUT2D eigenvalue weighted by Gasteiger charge is -2.34. The quantitative estimate of drug-likeness (QED) is 0.816. The molecule has 30 heavy (non-hydrogen) atoms. The van der Waals surface area contributed by atoms with Crippen molar-refractivity contribution in [2.75, 3.05) is 51.7 Å². The highest BCUT2D eigenvalue weighted by Gasteiger charge is 2.47. The molecule has 1 spiro atoms. The molecule has 0 aliphatic carbocycles. The van der Waals surface area contributed by atoms with Gasteiger partial charge in [-0.3, -0.25) is 9.59 Å². The molecule has 2 saturated heterocycles. The van der Waals surface area contributed by atoms with Crippen LogP contribution in [0.5, 0.6) is 5.75 Å². The fraction of sp³-hybridized carbons (Fsp3) is 0.591. The molecule has 8 heteroatoms. The fourth-order valence-corrected chi connectivity index (χ4v) is 4.37. The van der Waals surface area contributed by atoms with Crippen LogP contribution in [0, 0.1) is 11.3 Å². The molecule has 0 saturated carbocycles. The Morgan fingerprint density at radius 3 is 2.50 bits per heavy atom. The number of carbonyl (C=O) groups is 3. The van der Waals surface area contributed by atoms with Crippen LogP contribution >= 0.6 is 0 Å². The van der Waals surface area contributed by atoms with Gasteiger partial charge in [-0.25, -0.2) is 4.79 Å². The summed E-state index contributed by atoms with van der Waals surface area (Å²) in [4.78, 5) is 43.7. The predicted octanol–water partition coefficient (Wildman–Crippen LogP) is 2.27. The van der Waals surface area contributed by atoms with Crippen LogP contribution in [-0.4, -0.2) is 78.9 Å². The van der Waals surface area contributed by atoms with E-state index in [0.717, 1.165) is 0 Å². The summed E-state index contributed by atoms with van der Waals surface area (Å²) >= 11 is 0. The molecule has 164 valence electrons. The van der Waals surface area contributed by atoms with Gasteiger partial charge in [-0.05, 0) is 19.1 Å². The Bertz CT molecular complexity index is 812. The van der Waals surface area contributed by atoms with Crippen molar-refractivity contribution in [3.05, 3.63) is 24.3 Å². The van der Waals surface area contributed by atoms with E-state index in [1.165, 1.54) is 0 Å². The molecule has 1 unspecified atom stereocenters. The minimum Gasteiger partial charge on any atom is -0.497 e.